The number of anilines is 2. The number of para-hydroxylation sites is 1. The summed E-state index contributed by atoms with van der Waals surface area (Å²) in [4.78, 5) is 4.37. The van der Waals surface area contributed by atoms with Crippen molar-refractivity contribution in [3.8, 4) is 0 Å². The van der Waals surface area contributed by atoms with Gasteiger partial charge in [0.1, 0.15) is 11.3 Å². The fraction of sp³-hybridized carbons (Fsp3) is 0.381. The predicted octanol–water partition coefficient (Wildman–Crippen LogP) is 4.51. The number of oxazole rings is 1. The van der Waals surface area contributed by atoms with Crippen molar-refractivity contribution in [2.45, 2.75) is 31.7 Å². The number of hydrogen-bond acceptors (Lipinski definition) is 5. The Hall–Kier alpha value is -1.92. The molecule has 2 N–H and O–H groups in total. The molecule has 1 aliphatic carbocycles. The van der Waals surface area contributed by atoms with Gasteiger partial charge >= 0.3 is 10.2 Å². The van der Waals surface area contributed by atoms with Crippen molar-refractivity contribution in [3.05, 3.63) is 51.9 Å². The Morgan fingerprint density at radius 1 is 1.19 bits per heavy atom. The van der Waals surface area contributed by atoms with Gasteiger partial charge < -0.3 is 9.73 Å². The fourth-order valence-corrected chi connectivity index (χ4v) is 5.84. The molecule has 0 radical (unpaired) electrons. The minimum Gasteiger partial charge on any atom is -0.423 e. The Morgan fingerprint density at radius 3 is 2.65 bits per heavy atom. The third kappa shape index (κ3) is 5.12. The second kappa shape index (κ2) is 9.29. The molecule has 2 aromatic carbocycles. The molecule has 4 rings (SSSR count). The van der Waals surface area contributed by atoms with Gasteiger partial charge in [0.15, 0.2) is 5.58 Å². The van der Waals surface area contributed by atoms with Crippen LogP contribution in [0.2, 0.25) is 0 Å². The number of benzene rings is 2. The molecular weight excluding hydrogens is 534 g/mol. The molecule has 3 aromatic rings. The topological polar surface area (TPSA) is 87.5 Å². The average molecular weight is 558 g/mol. The van der Waals surface area contributed by atoms with Crippen LogP contribution in [-0.4, -0.2) is 33.0 Å². The molecule has 1 heterocycles. The van der Waals surface area contributed by atoms with E-state index >= 15 is 0 Å². The van der Waals surface area contributed by atoms with Gasteiger partial charge in [-0.05, 0) is 78.5 Å². The van der Waals surface area contributed by atoms with E-state index in [2.05, 4.69) is 37.6 Å². The standard InChI is InChI=1S/C21H24FIN4O3S/c1-24-31(28,29)27(19-5-3-2-4-17(19)23)13-14-6-9-16(10-7-14)25-21-26-18-11-8-15(22)12-20(18)30-21/h2-5,8,11-12,14,16,24H,6-7,9-10,13H2,1H3,(H,25,26). The van der Waals surface area contributed by atoms with Crippen molar-refractivity contribution in [2.75, 3.05) is 23.2 Å². The first kappa shape index (κ1) is 22.3. The van der Waals surface area contributed by atoms with E-state index in [1.807, 2.05) is 24.3 Å². The van der Waals surface area contributed by atoms with Crippen LogP contribution in [-0.2, 0) is 10.2 Å². The molecule has 10 heteroatoms. The Labute approximate surface area is 194 Å². The second-order valence-electron chi connectivity index (χ2n) is 7.68. The van der Waals surface area contributed by atoms with Gasteiger partial charge in [-0.3, -0.25) is 4.31 Å². The fourth-order valence-electron chi connectivity index (χ4n) is 3.95. The molecule has 1 aromatic heterocycles. The Balaban J connectivity index is 1.40. The molecule has 0 unspecified atom stereocenters. The zero-order chi connectivity index (χ0) is 22.0. The molecule has 1 fully saturated rings. The van der Waals surface area contributed by atoms with E-state index < -0.39 is 10.2 Å². The normalized spacial score (nSPS) is 19.5. The highest BCUT2D eigenvalue weighted by atomic mass is 127. The molecule has 0 aliphatic heterocycles. The van der Waals surface area contributed by atoms with Crippen LogP contribution in [0.1, 0.15) is 25.7 Å². The highest BCUT2D eigenvalue weighted by Gasteiger charge is 2.29. The Bertz CT molecular complexity index is 1160. The summed E-state index contributed by atoms with van der Waals surface area (Å²) in [5.74, 6) is -0.111. The van der Waals surface area contributed by atoms with Gasteiger partial charge in [0.05, 0.1) is 5.69 Å². The minimum absolute atomic E-state index is 0.181. The summed E-state index contributed by atoms with van der Waals surface area (Å²) in [6.07, 6.45) is 3.51. The van der Waals surface area contributed by atoms with Crippen molar-refractivity contribution in [1.82, 2.24) is 9.71 Å². The molecule has 0 spiro atoms. The lowest BCUT2D eigenvalue weighted by molar-refractivity contribution is 0.341. The zero-order valence-electron chi connectivity index (χ0n) is 17.0. The number of aromatic nitrogens is 1. The van der Waals surface area contributed by atoms with E-state index in [1.165, 1.54) is 23.5 Å². The van der Waals surface area contributed by atoms with Crippen LogP contribution in [0.4, 0.5) is 16.1 Å². The van der Waals surface area contributed by atoms with Gasteiger partial charge in [-0.25, -0.2) is 9.11 Å². The first-order valence-corrected chi connectivity index (χ1v) is 12.7. The van der Waals surface area contributed by atoms with E-state index in [0.29, 0.717) is 29.3 Å². The van der Waals surface area contributed by atoms with Crippen LogP contribution in [0.5, 0.6) is 0 Å². The van der Waals surface area contributed by atoms with Gasteiger partial charge in [-0.15, -0.1) is 0 Å². The van der Waals surface area contributed by atoms with Crippen molar-refractivity contribution < 1.29 is 17.2 Å². The van der Waals surface area contributed by atoms with E-state index in [4.69, 9.17) is 4.42 Å². The highest BCUT2D eigenvalue weighted by Crippen LogP contribution is 2.32. The second-order valence-corrected chi connectivity index (χ2v) is 10.6. The summed E-state index contributed by atoms with van der Waals surface area (Å²) < 4.78 is 49.2. The molecule has 7 nitrogen and oxygen atoms in total. The molecule has 31 heavy (non-hydrogen) atoms. The van der Waals surface area contributed by atoms with E-state index in [1.54, 1.807) is 6.07 Å². The quantitative estimate of drug-likeness (QED) is 0.417. The zero-order valence-corrected chi connectivity index (χ0v) is 20.0. The Kier molecular flexibility index (Phi) is 6.68. The number of rotatable bonds is 7. The van der Waals surface area contributed by atoms with Crippen LogP contribution in [0.3, 0.4) is 0 Å². The van der Waals surface area contributed by atoms with Gasteiger partial charge in [0.25, 0.3) is 6.01 Å². The summed E-state index contributed by atoms with van der Waals surface area (Å²) in [5.41, 5.74) is 1.72. The number of nitrogens with zero attached hydrogens (tertiary/aromatic N) is 2. The van der Waals surface area contributed by atoms with Crippen LogP contribution < -0.4 is 14.3 Å². The maximum absolute atomic E-state index is 13.3. The Morgan fingerprint density at radius 2 is 1.94 bits per heavy atom. The summed E-state index contributed by atoms with van der Waals surface area (Å²) in [6.45, 7) is 0.429. The molecule has 0 bridgehead atoms. The maximum atomic E-state index is 13.3. The molecule has 1 saturated carbocycles. The molecule has 0 saturated heterocycles. The predicted molar refractivity (Wildman–Crippen MR) is 128 cm³/mol. The molecule has 0 amide bonds. The third-order valence-corrected chi connectivity index (χ3v) is 7.97. The van der Waals surface area contributed by atoms with E-state index in [0.717, 1.165) is 29.3 Å². The monoisotopic (exact) mass is 558 g/mol. The summed E-state index contributed by atoms with van der Waals surface area (Å²) in [5, 5.41) is 3.30. The third-order valence-electron chi connectivity index (χ3n) is 5.62. The molecule has 166 valence electrons. The lowest BCUT2D eigenvalue weighted by atomic mass is 9.86. The largest absolute Gasteiger partial charge is 0.423 e. The molecule has 0 atom stereocenters. The average Bonchev–Trinajstić information content (AvgIpc) is 3.15. The van der Waals surface area contributed by atoms with E-state index in [-0.39, 0.29) is 17.8 Å². The first-order valence-electron chi connectivity index (χ1n) is 10.1. The van der Waals surface area contributed by atoms with Gasteiger partial charge in [0, 0.05) is 29.3 Å². The SMILES string of the molecule is CNS(=O)(=O)N(CC1CCC(Nc2nc3ccc(F)cc3o2)CC1)c1ccccc1I. The van der Waals surface area contributed by atoms with E-state index in [9.17, 15) is 12.8 Å². The van der Waals surface area contributed by atoms with Crippen molar-refractivity contribution >= 4 is 55.6 Å². The van der Waals surface area contributed by atoms with Crippen molar-refractivity contribution in [3.63, 3.8) is 0 Å². The van der Waals surface area contributed by atoms with Crippen molar-refractivity contribution in [1.29, 1.82) is 0 Å². The van der Waals surface area contributed by atoms with Gasteiger partial charge in [-0.2, -0.15) is 13.4 Å². The van der Waals surface area contributed by atoms with Crippen LogP contribution in [0.15, 0.2) is 46.9 Å². The molecule has 1 aliphatic rings. The minimum atomic E-state index is -3.61. The highest BCUT2D eigenvalue weighted by molar-refractivity contribution is 14.1. The van der Waals surface area contributed by atoms with Crippen LogP contribution >= 0.6 is 22.6 Å². The summed E-state index contributed by atoms with van der Waals surface area (Å²) in [7, 11) is -2.17. The van der Waals surface area contributed by atoms with Gasteiger partial charge in [0.2, 0.25) is 0 Å². The van der Waals surface area contributed by atoms with Crippen molar-refractivity contribution in [2.24, 2.45) is 5.92 Å². The van der Waals surface area contributed by atoms with Crippen LogP contribution in [0, 0.1) is 15.3 Å². The van der Waals surface area contributed by atoms with Crippen LogP contribution in [0.25, 0.3) is 11.1 Å². The summed E-state index contributed by atoms with van der Waals surface area (Å²) >= 11 is 2.16. The number of nitrogens with one attached hydrogen (secondary N) is 2. The molecular formula is C21H24FIN4O3S. The number of fused-ring (bicyclic) bond motifs is 1. The lowest BCUT2D eigenvalue weighted by Gasteiger charge is -2.33. The lowest BCUT2D eigenvalue weighted by Crippen LogP contribution is -2.43. The smallest absolute Gasteiger partial charge is 0.301 e. The maximum Gasteiger partial charge on any atom is 0.301 e. The first-order chi connectivity index (χ1) is 14.9. The number of hydrogen-bond donors (Lipinski definition) is 2. The number of halogens is 2. The van der Waals surface area contributed by atoms with Gasteiger partial charge in [-0.1, -0.05) is 12.1 Å². The summed E-state index contributed by atoms with van der Waals surface area (Å²) in [6, 6.07) is 12.3.